The molecule has 1 aliphatic carbocycles. The van der Waals surface area contributed by atoms with Gasteiger partial charge in [-0.15, -0.1) is 5.54 Å². The molecule has 2 aliphatic heterocycles. The van der Waals surface area contributed by atoms with E-state index in [-0.39, 0.29) is 5.54 Å². The van der Waals surface area contributed by atoms with Gasteiger partial charge in [-0.1, -0.05) is 82.2 Å². The Morgan fingerprint density at radius 3 is 2.30 bits per heavy atom. The zero-order chi connectivity index (χ0) is 21.9. The zero-order valence-electron chi connectivity index (χ0n) is 20.0. The van der Waals surface area contributed by atoms with Crippen molar-refractivity contribution in [3.05, 3.63) is 22.3 Å². The largest absolute Gasteiger partial charge is 0.294 e. The average molecular weight is 540 g/mol. The summed E-state index contributed by atoms with van der Waals surface area (Å²) in [5, 5.41) is 2.46. The van der Waals surface area contributed by atoms with Crippen LogP contribution in [0.25, 0.3) is 0 Å². The van der Waals surface area contributed by atoms with E-state index in [2.05, 4.69) is 103 Å². The molecule has 2 saturated heterocycles. The number of hydrogen-bond acceptors (Lipinski definition) is 2. The lowest BCUT2D eigenvalue weighted by molar-refractivity contribution is -0.221. The molecule has 3 unspecified atom stereocenters. The van der Waals surface area contributed by atoms with Crippen molar-refractivity contribution in [1.29, 1.82) is 0 Å². The molecule has 0 radical (unpaired) electrons. The average Bonchev–Trinajstić information content (AvgIpc) is 2.86. The molecule has 30 heavy (non-hydrogen) atoms. The third-order valence-corrected chi connectivity index (χ3v) is 15.1. The molecule has 0 aromatic carbocycles. The molecule has 3 aliphatic rings. The molecule has 0 aromatic heterocycles. The summed E-state index contributed by atoms with van der Waals surface area (Å²) >= 11 is 2.34. The van der Waals surface area contributed by atoms with E-state index < -0.39 is 8.07 Å². The van der Waals surface area contributed by atoms with Crippen LogP contribution in [0.5, 0.6) is 0 Å². The minimum absolute atomic E-state index is 0.214. The molecule has 2 bridgehead atoms. The molecule has 1 saturated carbocycles. The predicted molar refractivity (Wildman–Crippen MR) is 140 cm³/mol. The maximum absolute atomic E-state index is 6.62. The van der Waals surface area contributed by atoms with E-state index >= 15 is 0 Å². The first kappa shape index (κ1) is 24.5. The predicted octanol–water partition coefficient (Wildman–Crippen LogP) is 7.81. The summed E-state index contributed by atoms with van der Waals surface area (Å²) in [6.07, 6.45) is 16.0. The molecule has 0 amide bonds. The van der Waals surface area contributed by atoms with Gasteiger partial charge in [0.05, 0.1) is 11.6 Å². The maximum atomic E-state index is 6.62. The molecule has 4 atom stereocenters. The SMILES string of the molecule is CC(C)[Si](C#C/C=C\C1C2CCCC13CCC[C@@H](C/C=C\I)N3O2)(C(C)C)C(C)C. The third-order valence-electron chi connectivity index (χ3n) is 8.32. The van der Waals surface area contributed by atoms with E-state index in [4.69, 9.17) is 4.84 Å². The first-order valence-electron chi connectivity index (χ1n) is 12.2. The normalized spacial score (nSPS) is 32.4. The molecule has 168 valence electrons. The molecule has 4 heteroatoms. The fraction of sp³-hybridized carbons (Fsp3) is 0.769. The fourth-order valence-corrected chi connectivity index (χ4v) is 12.5. The topological polar surface area (TPSA) is 12.5 Å². The summed E-state index contributed by atoms with van der Waals surface area (Å²) < 4.78 is 2.16. The van der Waals surface area contributed by atoms with Gasteiger partial charge in [0.15, 0.2) is 0 Å². The van der Waals surface area contributed by atoms with Crippen LogP contribution in [-0.4, -0.2) is 30.8 Å². The summed E-state index contributed by atoms with van der Waals surface area (Å²) in [5.74, 6) is 4.07. The molecule has 0 N–H and O–H groups in total. The number of allylic oxidation sites excluding steroid dienone is 1. The van der Waals surface area contributed by atoms with Crippen LogP contribution in [0.1, 0.15) is 86.5 Å². The molecule has 3 rings (SSSR count). The van der Waals surface area contributed by atoms with Gasteiger partial charge in [-0.3, -0.25) is 4.84 Å². The van der Waals surface area contributed by atoms with Crippen LogP contribution in [0.4, 0.5) is 0 Å². The molecular weight excluding hydrogens is 497 g/mol. The van der Waals surface area contributed by atoms with Crippen molar-refractivity contribution in [3.63, 3.8) is 0 Å². The summed E-state index contributed by atoms with van der Waals surface area (Å²) in [5.41, 5.74) is 6.14. The Hall–Kier alpha value is -0.0931. The van der Waals surface area contributed by atoms with Crippen LogP contribution < -0.4 is 0 Å². The van der Waals surface area contributed by atoms with Gasteiger partial charge in [0.2, 0.25) is 0 Å². The minimum Gasteiger partial charge on any atom is -0.294 e. The number of halogens is 1. The minimum atomic E-state index is -1.66. The highest BCUT2D eigenvalue weighted by molar-refractivity contribution is 14.1. The van der Waals surface area contributed by atoms with Crippen molar-refractivity contribution < 1.29 is 4.84 Å². The summed E-state index contributed by atoms with van der Waals surface area (Å²) in [6, 6.07) is 0.540. The van der Waals surface area contributed by atoms with Crippen LogP contribution in [0.2, 0.25) is 16.6 Å². The van der Waals surface area contributed by atoms with E-state index in [0.717, 1.165) is 6.42 Å². The quantitative estimate of drug-likeness (QED) is 0.194. The smallest absolute Gasteiger partial charge is 0.146 e. The molecular formula is C26H42INOSi. The van der Waals surface area contributed by atoms with Crippen LogP contribution in [0, 0.1) is 17.4 Å². The van der Waals surface area contributed by atoms with Gasteiger partial charge >= 0.3 is 0 Å². The van der Waals surface area contributed by atoms with Crippen LogP contribution >= 0.6 is 22.6 Å². The standard InChI is InChI=1S/C26H42INOSi/c1-20(2)30(21(3)4,22(5)6)19-8-7-14-24-25-15-10-17-26(24)16-9-12-23(13-11-18-27)28(26)29-25/h7,11,14,18,20-25H,9-10,12-13,15-17H2,1-6H3/b14-7-,18-11-/t23-,24?,25?,26?/m0/s1. The second kappa shape index (κ2) is 10.2. The van der Waals surface area contributed by atoms with E-state index in [1.165, 1.54) is 38.5 Å². The van der Waals surface area contributed by atoms with Gasteiger partial charge in [-0.25, -0.2) is 0 Å². The lowest BCUT2D eigenvalue weighted by Gasteiger charge is -2.48. The lowest BCUT2D eigenvalue weighted by atomic mass is 9.67. The maximum Gasteiger partial charge on any atom is 0.146 e. The summed E-state index contributed by atoms with van der Waals surface area (Å²) in [7, 11) is -1.66. The number of fused-ring (bicyclic) bond motifs is 1. The molecule has 0 aromatic rings. The van der Waals surface area contributed by atoms with Crippen LogP contribution in [0.3, 0.4) is 0 Å². The fourth-order valence-electron chi connectivity index (χ4n) is 7.02. The Bertz CT molecular complexity index is 678. The second-order valence-corrected chi connectivity index (χ2v) is 17.0. The highest BCUT2D eigenvalue weighted by Crippen LogP contribution is 2.54. The van der Waals surface area contributed by atoms with Crippen LogP contribution in [-0.2, 0) is 4.84 Å². The lowest BCUT2D eigenvalue weighted by Crippen LogP contribution is -2.55. The van der Waals surface area contributed by atoms with Crippen LogP contribution in [0.15, 0.2) is 22.3 Å². The van der Waals surface area contributed by atoms with E-state index in [0.29, 0.717) is 34.7 Å². The van der Waals surface area contributed by atoms with Gasteiger partial charge in [0.25, 0.3) is 0 Å². The summed E-state index contributed by atoms with van der Waals surface area (Å²) in [4.78, 5) is 6.62. The van der Waals surface area contributed by atoms with E-state index in [1.54, 1.807) is 0 Å². The second-order valence-electron chi connectivity index (χ2n) is 10.7. The Labute approximate surface area is 200 Å². The number of hydroxylamine groups is 2. The van der Waals surface area contributed by atoms with Crippen molar-refractivity contribution in [2.45, 2.75) is 121 Å². The highest BCUT2D eigenvalue weighted by Gasteiger charge is 2.58. The zero-order valence-corrected chi connectivity index (χ0v) is 23.1. The number of piperidine rings is 1. The highest BCUT2D eigenvalue weighted by atomic mass is 127. The third kappa shape index (κ3) is 4.38. The van der Waals surface area contributed by atoms with Gasteiger partial charge in [-0.2, -0.15) is 5.06 Å². The van der Waals surface area contributed by atoms with Gasteiger partial charge < -0.3 is 0 Å². The Morgan fingerprint density at radius 1 is 1.07 bits per heavy atom. The molecule has 1 spiro atoms. The van der Waals surface area contributed by atoms with Gasteiger partial charge in [0, 0.05) is 12.0 Å². The van der Waals surface area contributed by atoms with Gasteiger partial charge in [-0.05, 0) is 71.7 Å². The number of nitrogens with zero attached hydrogens (tertiary/aromatic N) is 1. The Morgan fingerprint density at radius 2 is 1.70 bits per heavy atom. The first-order chi connectivity index (χ1) is 14.3. The van der Waals surface area contributed by atoms with Gasteiger partial charge in [0.1, 0.15) is 8.07 Å². The van der Waals surface area contributed by atoms with Crippen molar-refractivity contribution >= 4 is 30.7 Å². The molecule has 3 fully saturated rings. The van der Waals surface area contributed by atoms with E-state index in [9.17, 15) is 0 Å². The first-order valence-corrected chi connectivity index (χ1v) is 15.7. The number of hydrogen-bond donors (Lipinski definition) is 0. The Balaban J connectivity index is 1.84. The van der Waals surface area contributed by atoms with E-state index in [1.807, 2.05) is 0 Å². The van der Waals surface area contributed by atoms with Crippen molar-refractivity contribution in [2.24, 2.45) is 5.92 Å². The number of rotatable bonds is 6. The summed E-state index contributed by atoms with van der Waals surface area (Å²) in [6.45, 7) is 14.4. The van der Waals surface area contributed by atoms with Crippen molar-refractivity contribution in [2.75, 3.05) is 0 Å². The monoisotopic (exact) mass is 539 g/mol. The Kier molecular flexibility index (Phi) is 8.37. The van der Waals surface area contributed by atoms with Crippen molar-refractivity contribution in [3.8, 4) is 11.5 Å². The van der Waals surface area contributed by atoms with Crippen molar-refractivity contribution in [1.82, 2.24) is 5.06 Å². The molecule has 2 nitrogen and oxygen atoms in total. The molecule has 2 heterocycles.